The predicted octanol–water partition coefficient (Wildman–Crippen LogP) is 1.95. The van der Waals surface area contributed by atoms with Crippen molar-refractivity contribution in [1.82, 2.24) is 5.32 Å². The Morgan fingerprint density at radius 1 is 1.31 bits per heavy atom. The molecule has 0 bridgehead atoms. The van der Waals surface area contributed by atoms with Gasteiger partial charge in [0, 0.05) is 12.1 Å². The Hall–Kier alpha value is -1.91. The Kier molecular flexibility index (Phi) is 4.44. The number of nitriles is 1. The zero-order chi connectivity index (χ0) is 12.0. The van der Waals surface area contributed by atoms with Crippen molar-refractivity contribution < 1.29 is 8.78 Å². The summed E-state index contributed by atoms with van der Waals surface area (Å²) in [6.07, 6.45) is 0. The van der Waals surface area contributed by atoms with Crippen molar-refractivity contribution in [2.75, 3.05) is 6.54 Å². The zero-order valence-corrected chi connectivity index (χ0v) is 8.77. The minimum atomic E-state index is -0.714. The lowest BCUT2D eigenvalue weighted by Crippen LogP contribution is -2.15. The summed E-state index contributed by atoms with van der Waals surface area (Å²) in [7, 11) is 0. The van der Waals surface area contributed by atoms with Crippen molar-refractivity contribution in [3.63, 3.8) is 0 Å². The molecular weight excluding hydrogens is 210 g/mol. The van der Waals surface area contributed by atoms with Crippen LogP contribution in [0, 0.1) is 34.8 Å². The van der Waals surface area contributed by atoms with Gasteiger partial charge in [0.2, 0.25) is 0 Å². The number of rotatable bonds is 3. The third-order valence-electron chi connectivity index (χ3n) is 1.96. The molecule has 0 aliphatic rings. The summed E-state index contributed by atoms with van der Waals surface area (Å²) in [6.45, 7) is 2.11. The SMILES string of the molecule is CC#CCNCc1c(F)cc(C#N)cc1F. The van der Waals surface area contributed by atoms with Crippen LogP contribution in [0.2, 0.25) is 0 Å². The highest BCUT2D eigenvalue weighted by molar-refractivity contribution is 5.34. The lowest BCUT2D eigenvalue weighted by molar-refractivity contribution is 0.542. The Morgan fingerprint density at radius 2 is 1.94 bits per heavy atom. The number of benzene rings is 1. The number of nitrogens with zero attached hydrogens (tertiary/aromatic N) is 1. The first kappa shape index (κ1) is 12.2. The maximum atomic E-state index is 13.3. The molecule has 0 unspecified atom stereocenters. The third-order valence-corrected chi connectivity index (χ3v) is 1.96. The molecule has 16 heavy (non-hydrogen) atoms. The van der Waals surface area contributed by atoms with Crippen LogP contribution in [0.5, 0.6) is 0 Å². The molecule has 1 rings (SSSR count). The normalized spacial score (nSPS) is 9.12. The molecule has 4 heteroatoms. The molecule has 0 aromatic heterocycles. The lowest BCUT2D eigenvalue weighted by Gasteiger charge is -2.05. The van der Waals surface area contributed by atoms with Crippen LogP contribution in [0.4, 0.5) is 8.78 Å². The van der Waals surface area contributed by atoms with Gasteiger partial charge in [-0.1, -0.05) is 5.92 Å². The molecule has 0 saturated carbocycles. The molecule has 0 spiro atoms. The van der Waals surface area contributed by atoms with E-state index in [0.717, 1.165) is 12.1 Å². The van der Waals surface area contributed by atoms with Crippen LogP contribution in [0.1, 0.15) is 18.1 Å². The molecule has 0 aliphatic heterocycles. The third kappa shape index (κ3) is 3.05. The number of nitrogens with one attached hydrogen (secondary N) is 1. The van der Waals surface area contributed by atoms with Gasteiger partial charge in [-0.25, -0.2) is 8.78 Å². The fourth-order valence-corrected chi connectivity index (χ4v) is 1.17. The number of hydrogen-bond acceptors (Lipinski definition) is 2. The van der Waals surface area contributed by atoms with Gasteiger partial charge in [-0.05, 0) is 19.1 Å². The van der Waals surface area contributed by atoms with Gasteiger partial charge in [0.15, 0.2) is 0 Å². The van der Waals surface area contributed by atoms with Crippen molar-refractivity contribution in [2.45, 2.75) is 13.5 Å². The molecule has 0 atom stereocenters. The Labute approximate surface area is 92.9 Å². The summed E-state index contributed by atoms with van der Waals surface area (Å²) in [5.41, 5.74) is -0.0935. The summed E-state index contributed by atoms with van der Waals surface area (Å²) in [6, 6.07) is 3.73. The minimum absolute atomic E-state index is 0.0212. The van der Waals surface area contributed by atoms with Crippen LogP contribution in [0.3, 0.4) is 0 Å². The second-order valence-corrected chi connectivity index (χ2v) is 3.06. The van der Waals surface area contributed by atoms with E-state index >= 15 is 0 Å². The predicted molar refractivity (Wildman–Crippen MR) is 56.2 cm³/mol. The molecule has 1 N–H and O–H groups in total. The van der Waals surface area contributed by atoms with Crippen molar-refractivity contribution in [3.8, 4) is 17.9 Å². The summed E-state index contributed by atoms with van der Waals surface area (Å²) in [5.74, 6) is 3.95. The average Bonchev–Trinajstić information content (AvgIpc) is 2.26. The van der Waals surface area contributed by atoms with E-state index in [0.29, 0.717) is 6.54 Å². The standard InChI is InChI=1S/C12H10F2N2/c1-2-3-4-16-8-10-11(13)5-9(7-15)6-12(10)14/h5-6,16H,4,8H2,1H3. The summed E-state index contributed by atoms with van der Waals surface area (Å²) >= 11 is 0. The van der Waals surface area contributed by atoms with Gasteiger partial charge in [-0.15, -0.1) is 5.92 Å². The second kappa shape index (κ2) is 5.85. The van der Waals surface area contributed by atoms with Crippen LogP contribution in [0.25, 0.3) is 0 Å². The molecule has 1 aromatic rings. The quantitative estimate of drug-likeness (QED) is 0.624. The van der Waals surface area contributed by atoms with Crippen molar-refractivity contribution in [2.24, 2.45) is 0 Å². The van der Waals surface area contributed by atoms with Crippen molar-refractivity contribution in [3.05, 3.63) is 34.9 Å². The lowest BCUT2D eigenvalue weighted by atomic mass is 10.1. The maximum absolute atomic E-state index is 13.3. The molecule has 0 aliphatic carbocycles. The highest BCUT2D eigenvalue weighted by atomic mass is 19.1. The first-order valence-corrected chi connectivity index (χ1v) is 4.67. The van der Waals surface area contributed by atoms with Gasteiger partial charge in [-0.2, -0.15) is 5.26 Å². The van der Waals surface area contributed by atoms with Crippen LogP contribution >= 0.6 is 0 Å². The molecule has 0 saturated heterocycles. The molecule has 0 fully saturated rings. The smallest absolute Gasteiger partial charge is 0.131 e. The van der Waals surface area contributed by atoms with Gasteiger partial charge in [-0.3, -0.25) is 0 Å². The highest BCUT2D eigenvalue weighted by Gasteiger charge is 2.10. The van der Waals surface area contributed by atoms with E-state index in [1.165, 1.54) is 0 Å². The Morgan fingerprint density at radius 3 is 2.44 bits per heavy atom. The van der Waals surface area contributed by atoms with Crippen LogP contribution < -0.4 is 5.32 Å². The summed E-state index contributed by atoms with van der Waals surface area (Å²) < 4.78 is 26.7. The monoisotopic (exact) mass is 220 g/mol. The number of halogens is 2. The van der Waals surface area contributed by atoms with E-state index in [4.69, 9.17) is 5.26 Å². The average molecular weight is 220 g/mol. The van der Waals surface area contributed by atoms with Gasteiger partial charge < -0.3 is 5.32 Å². The molecule has 0 amide bonds. The van der Waals surface area contributed by atoms with Crippen molar-refractivity contribution >= 4 is 0 Å². The van der Waals surface area contributed by atoms with E-state index in [9.17, 15) is 8.78 Å². The van der Waals surface area contributed by atoms with E-state index in [2.05, 4.69) is 17.2 Å². The van der Waals surface area contributed by atoms with Gasteiger partial charge in [0.1, 0.15) is 11.6 Å². The summed E-state index contributed by atoms with van der Waals surface area (Å²) in [4.78, 5) is 0. The Bertz CT molecular complexity index is 455. The number of hydrogen-bond donors (Lipinski definition) is 1. The van der Waals surface area contributed by atoms with Gasteiger partial charge >= 0.3 is 0 Å². The maximum Gasteiger partial charge on any atom is 0.131 e. The van der Waals surface area contributed by atoms with E-state index < -0.39 is 11.6 Å². The molecule has 2 nitrogen and oxygen atoms in total. The molecule has 1 aromatic carbocycles. The summed E-state index contributed by atoms with van der Waals surface area (Å²) in [5, 5.41) is 11.3. The van der Waals surface area contributed by atoms with Crippen LogP contribution in [-0.4, -0.2) is 6.54 Å². The van der Waals surface area contributed by atoms with Crippen LogP contribution in [-0.2, 0) is 6.54 Å². The molecule has 0 radical (unpaired) electrons. The van der Waals surface area contributed by atoms with E-state index in [-0.39, 0.29) is 17.7 Å². The Balaban J connectivity index is 2.80. The first-order valence-electron chi connectivity index (χ1n) is 4.67. The van der Waals surface area contributed by atoms with Crippen molar-refractivity contribution in [1.29, 1.82) is 5.26 Å². The van der Waals surface area contributed by atoms with Crippen LogP contribution in [0.15, 0.2) is 12.1 Å². The first-order chi connectivity index (χ1) is 7.69. The van der Waals surface area contributed by atoms with E-state index in [1.807, 2.05) is 0 Å². The fraction of sp³-hybridized carbons (Fsp3) is 0.250. The largest absolute Gasteiger partial charge is 0.302 e. The highest BCUT2D eigenvalue weighted by Crippen LogP contribution is 2.14. The van der Waals surface area contributed by atoms with E-state index in [1.54, 1.807) is 13.0 Å². The second-order valence-electron chi connectivity index (χ2n) is 3.06. The fourth-order valence-electron chi connectivity index (χ4n) is 1.17. The van der Waals surface area contributed by atoms with Gasteiger partial charge in [0.05, 0.1) is 18.2 Å². The van der Waals surface area contributed by atoms with Gasteiger partial charge in [0.25, 0.3) is 0 Å². The molecule has 82 valence electrons. The molecule has 0 heterocycles. The topological polar surface area (TPSA) is 35.8 Å². The zero-order valence-electron chi connectivity index (χ0n) is 8.77. The minimum Gasteiger partial charge on any atom is -0.302 e. The molecular formula is C12H10F2N2.